The summed E-state index contributed by atoms with van der Waals surface area (Å²) < 4.78 is 6.39. The third-order valence-electron chi connectivity index (χ3n) is 8.26. The Bertz CT molecular complexity index is 2080. The minimum absolute atomic E-state index is 0.352. The molecule has 0 amide bonds. The number of fused-ring (bicyclic) bond motifs is 14. The molecule has 9 rings (SSSR count). The van der Waals surface area contributed by atoms with E-state index in [9.17, 15) is 0 Å². The molecular formula is C33H18BrNS. The van der Waals surface area contributed by atoms with Crippen LogP contribution in [0.4, 0.5) is 0 Å². The summed E-state index contributed by atoms with van der Waals surface area (Å²) in [6.45, 7) is 0. The van der Waals surface area contributed by atoms with E-state index in [1.807, 2.05) is 11.3 Å². The second-order valence-corrected chi connectivity index (χ2v) is 11.8. The molecule has 5 aromatic carbocycles. The van der Waals surface area contributed by atoms with E-state index in [0.717, 1.165) is 4.47 Å². The van der Waals surface area contributed by atoms with Gasteiger partial charge in [-0.25, -0.2) is 0 Å². The molecule has 0 N–H and O–H groups in total. The molecule has 7 aromatic rings. The Morgan fingerprint density at radius 3 is 2.25 bits per heavy atom. The predicted molar refractivity (Wildman–Crippen MR) is 155 cm³/mol. The fourth-order valence-electron chi connectivity index (χ4n) is 7.03. The summed E-state index contributed by atoms with van der Waals surface area (Å²) in [7, 11) is 0. The van der Waals surface area contributed by atoms with Gasteiger partial charge in [-0.05, 0) is 57.6 Å². The zero-order valence-corrected chi connectivity index (χ0v) is 21.5. The minimum atomic E-state index is -0.352. The normalized spacial score (nSPS) is 17.1. The Hall–Kier alpha value is -3.66. The lowest BCUT2D eigenvalue weighted by Gasteiger charge is -2.39. The minimum Gasteiger partial charge on any atom is -0.307 e. The summed E-state index contributed by atoms with van der Waals surface area (Å²) >= 11 is 5.67. The van der Waals surface area contributed by atoms with Crippen LogP contribution in [-0.4, -0.2) is 4.57 Å². The zero-order chi connectivity index (χ0) is 23.6. The number of nitrogens with zero attached hydrogens (tertiary/aromatic N) is 1. The maximum atomic E-state index is 3.75. The van der Waals surface area contributed by atoms with Gasteiger partial charge in [0.1, 0.15) is 0 Å². The van der Waals surface area contributed by atoms with Gasteiger partial charge in [0.15, 0.2) is 0 Å². The van der Waals surface area contributed by atoms with Gasteiger partial charge in [-0.2, -0.15) is 0 Å². The van der Waals surface area contributed by atoms with Gasteiger partial charge in [0.05, 0.1) is 26.8 Å². The lowest BCUT2D eigenvalue weighted by molar-refractivity contribution is 0.748. The lowest BCUT2D eigenvalue weighted by atomic mass is 9.65. The van der Waals surface area contributed by atoms with Crippen molar-refractivity contribution in [3.05, 3.63) is 136 Å². The number of aromatic nitrogens is 1. The first-order valence-corrected chi connectivity index (χ1v) is 13.8. The standard InChI is InChI=1S/C33H18BrNS/c34-19-16-17-25-23(18-19)20-8-1-3-11-24(20)33(25)26-12-4-5-14-28(26)35-30-22(10-7-13-27(30)33)32-31(35)21-9-2-6-15-29(21)36-32/h1-18H. The quantitative estimate of drug-likeness (QED) is 0.181. The molecule has 0 bridgehead atoms. The second-order valence-electron chi connectivity index (χ2n) is 9.82. The Morgan fingerprint density at radius 1 is 0.583 bits per heavy atom. The van der Waals surface area contributed by atoms with Crippen molar-refractivity contribution in [1.29, 1.82) is 0 Å². The van der Waals surface area contributed by atoms with Crippen molar-refractivity contribution in [2.45, 2.75) is 5.41 Å². The number of halogens is 1. The van der Waals surface area contributed by atoms with Gasteiger partial charge in [0, 0.05) is 19.9 Å². The van der Waals surface area contributed by atoms with Crippen molar-refractivity contribution in [3.8, 4) is 16.8 Å². The van der Waals surface area contributed by atoms with E-state index in [1.54, 1.807) is 0 Å². The van der Waals surface area contributed by atoms with E-state index >= 15 is 0 Å². The number of thiophene rings is 1. The van der Waals surface area contributed by atoms with Crippen LogP contribution >= 0.6 is 27.3 Å². The molecule has 36 heavy (non-hydrogen) atoms. The van der Waals surface area contributed by atoms with Gasteiger partial charge in [-0.3, -0.25) is 0 Å². The maximum absolute atomic E-state index is 3.75. The Kier molecular flexibility index (Phi) is 3.55. The molecular weight excluding hydrogens is 522 g/mol. The van der Waals surface area contributed by atoms with Crippen LogP contribution in [0.3, 0.4) is 0 Å². The number of para-hydroxylation sites is 2. The van der Waals surface area contributed by atoms with Gasteiger partial charge in [0.2, 0.25) is 0 Å². The van der Waals surface area contributed by atoms with Gasteiger partial charge >= 0.3 is 0 Å². The van der Waals surface area contributed by atoms with Crippen LogP contribution in [0.1, 0.15) is 22.3 Å². The first kappa shape index (κ1) is 19.5. The summed E-state index contributed by atoms with van der Waals surface area (Å²) in [6.07, 6.45) is 0. The first-order chi connectivity index (χ1) is 17.8. The zero-order valence-electron chi connectivity index (χ0n) is 19.1. The molecule has 1 aliphatic heterocycles. The van der Waals surface area contributed by atoms with Crippen LogP contribution in [0.15, 0.2) is 114 Å². The SMILES string of the molecule is Brc1ccc2c(c1)-c1ccccc1C21c2ccccc2-n2c3c1cccc3c1sc3ccccc3c12. The number of hydrogen-bond acceptors (Lipinski definition) is 1. The van der Waals surface area contributed by atoms with Crippen molar-refractivity contribution in [2.24, 2.45) is 0 Å². The molecule has 1 aliphatic carbocycles. The van der Waals surface area contributed by atoms with Gasteiger partial charge < -0.3 is 4.57 Å². The highest BCUT2D eigenvalue weighted by molar-refractivity contribution is 9.10. The van der Waals surface area contributed by atoms with Crippen molar-refractivity contribution >= 4 is 58.5 Å². The lowest BCUT2D eigenvalue weighted by Crippen LogP contribution is -2.33. The molecule has 3 heterocycles. The summed E-state index contributed by atoms with van der Waals surface area (Å²) in [4.78, 5) is 0. The summed E-state index contributed by atoms with van der Waals surface area (Å²) in [6, 6.07) is 40.7. The van der Waals surface area contributed by atoms with Gasteiger partial charge in [-0.15, -0.1) is 11.3 Å². The van der Waals surface area contributed by atoms with Crippen LogP contribution in [0, 0.1) is 0 Å². The van der Waals surface area contributed by atoms with Gasteiger partial charge in [0.25, 0.3) is 0 Å². The topological polar surface area (TPSA) is 4.93 Å². The van der Waals surface area contributed by atoms with Crippen LogP contribution in [-0.2, 0) is 5.41 Å². The molecule has 0 saturated carbocycles. The Labute approximate surface area is 220 Å². The fourth-order valence-corrected chi connectivity index (χ4v) is 8.60. The number of hydrogen-bond donors (Lipinski definition) is 0. The van der Waals surface area contributed by atoms with Crippen molar-refractivity contribution in [1.82, 2.24) is 4.57 Å². The largest absolute Gasteiger partial charge is 0.307 e. The molecule has 0 saturated heterocycles. The molecule has 168 valence electrons. The monoisotopic (exact) mass is 539 g/mol. The average molecular weight is 540 g/mol. The third kappa shape index (κ3) is 2.07. The summed E-state index contributed by atoms with van der Waals surface area (Å²) in [5.41, 5.74) is 11.7. The van der Waals surface area contributed by atoms with Crippen molar-refractivity contribution in [3.63, 3.8) is 0 Å². The third-order valence-corrected chi connectivity index (χ3v) is 9.94. The second kappa shape index (κ2) is 6.56. The predicted octanol–water partition coefficient (Wildman–Crippen LogP) is 9.44. The molecule has 0 fully saturated rings. The summed E-state index contributed by atoms with van der Waals surface area (Å²) in [5, 5.41) is 2.68. The highest BCUT2D eigenvalue weighted by Crippen LogP contribution is 2.61. The molecule has 1 atom stereocenters. The van der Waals surface area contributed by atoms with E-state index in [2.05, 4.69) is 130 Å². The molecule has 0 radical (unpaired) electrons. The van der Waals surface area contributed by atoms with Gasteiger partial charge in [-0.1, -0.05) is 101 Å². The fraction of sp³-hybridized carbons (Fsp3) is 0.0303. The Balaban J connectivity index is 1.58. The van der Waals surface area contributed by atoms with E-state index in [0.29, 0.717) is 0 Å². The molecule has 3 heteroatoms. The van der Waals surface area contributed by atoms with Crippen LogP contribution in [0.25, 0.3) is 48.0 Å². The van der Waals surface area contributed by atoms with Crippen molar-refractivity contribution < 1.29 is 0 Å². The Morgan fingerprint density at radius 2 is 1.31 bits per heavy atom. The van der Waals surface area contributed by atoms with Crippen LogP contribution < -0.4 is 0 Å². The van der Waals surface area contributed by atoms with Crippen molar-refractivity contribution in [2.75, 3.05) is 0 Å². The smallest absolute Gasteiger partial charge is 0.0754 e. The maximum Gasteiger partial charge on any atom is 0.0754 e. The van der Waals surface area contributed by atoms with Crippen LogP contribution in [0.5, 0.6) is 0 Å². The molecule has 1 spiro atoms. The van der Waals surface area contributed by atoms with E-state index < -0.39 is 0 Å². The van der Waals surface area contributed by atoms with Crippen LogP contribution in [0.2, 0.25) is 0 Å². The molecule has 2 aliphatic rings. The molecule has 1 nitrogen and oxygen atoms in total. The average Bonchev–Trinajstić information content (AvgIpc) is 3.54. The molecule has 2 aromatic heterocycles. The van der Waals surface area contributed by atoms with E-state index in [-0.39, 0.29) is 5.41 Å². The van der Waals surface area contributed by atoms with E-state index in [4.69, 9.17) is 0 Å². The molecule has 1 unspecified atom stereocenters. The number of rotatable bonds is 0. The highest BCUT2D eigenvalue weighted by Gasteiger charge is 2.50. The summed E-state index contributed by atoms with van der Waals surface area (Å²) in [5.74, 6) is 0. The van der Waals surface area contributed by atoms with E-state index in [1.165, 1.54) is 70.3 Å². The highest BCUT2D eigenvalue weighted by atomic mass is 79.9. The number of benzene rings is 5. The first-order valence-electron chi connectivity index (χ1n) is 12.2.